The summed E-state index contributed by atoms with van der Waals surface area (Å²) in [5.74, 6) is 1.53. The molecule has 9 heteroatoms. The molecule has 29 heavy (non-hydrogen) atoms. The Labute approximate surface area is 171 Å². The molecular formula is C20H19N3O5S. The minimum absolute atomic E-state index is 0.209. The average Bonchev–Trinajstić information content (AvgIpc) is 3.04. The molecule has 0 atom stereocenters. The molecule has 0 unspecified atom stereocenters. The molecule has 3 rings (SSSR count). The van der Waals surface area contributed by atoms with E-state index >= 15 is 0 Å². The summed E-state index contributed by atoms with van der Waals surface area (Å²) in [6, 6.07) is 12.3. The van der Waals surface area contributed by atoms with Crippen LogP contribution in [0.4, 0.5) is 10.5 Å². The van der Waals surface area contributed by atoms with Crippen molar-refractivity contribution in [3.05, 3.63) is 52.9 Å². The van der Waals surface area contributed by atoms with Gasteiger partial charge in [-0.1, -0.05) is 12.1 Å². The van der Waals surface area contributed by atoms with E-state index in [1.165, 1.54) is 0 Å². The minimum atomic E-state index is -0.557. The summed E-state index contributed by atoms with van der Waals surface area (Å²) < 4.78 is 15.8. The van der Waals surface area contributed by atoms with Crippen molar-refractivity contribution in [3.63, 3.8) is 0 Å². The maximum Gasteiger partial charge on any atom is 0.289 e. The molecular weight excluding hydrogens is 394 g/mol. The number of hydrogen-bond donors (Lipinski definition) is 2. The number of carbonyl (C=O) groups is 2. The number of amides is 2. The highest BCUT2D eigenvalue weighted by molar-refractivity contribution is 8.18. The third-order valence-electron chi connectivity index (χ3n) is 3.77. The molecule has 3 N–H and O–H groups in total. The molecule has 1 aliphatic rings. The Balaban J connectivity index is 1.91. The Morgan fingerprint density at radius 1 is 1.14 bits per heavy atom. The van der Waals surface area contributed by atoms with Gasteiger partial charge in [-0.25, -0.2) is 4.99 Å². The van der Waals surface area contributed by atoms with E-state index in [1.54, 1.807) is 56.7 Å². The average molecular weight is 413 g/mol. The lowest BCUT2D eigenvalue weighted by Crippen LogP contribution is -2.20. The number of nitrogens with two attached hydrogens (primary N) is 1. The first-order valence-electron chi connectivity index (χ1n) is 8.50. The Bertz CT molecular complexity index is 981. The second-order valence-electron chi connectivity index (χ2n) is 5.88. The highest BCUT2D eigenvalue weighted by Gasteiger charge is 2.23. The third-order valence-corrected chi connectivity index (χ3v) is 4.59. The zero-order chi connectivity index (χ0) is 20.8. The van der Waals surface area contributed by atoms with Gasteiger partial charge in [0, 0.05) is 18.2 Å². The van der Waals surface area contributed by atoms with Crippen molar-refractivity contribution in [2.45, 2.75) is 0 Å². The second kappa shape index (κ2) is 9.16. The predicted octanol–water partition coefficient (Wildman–Crippen LogP) is 3.10. The van der Waals surface area contributed by atoms with Gasteiger partial charge in [0.2, 0.25) is 0 Å². The molecule has 2 aromatic carbocycles. The molecule has 1 heterocycles. The summed E-state index contributed by atoms with van der Waals surface area (Å²) in [5.41, 5.74) is 6.45. The van der Waals surface area contributed by atoms with Gasteiger partial charge >= 0.3 is 0 Å². The number of rotatable bonds is 7. The van der Waals surface area contributed by atoms with Gasteiger partial charge in [-0.15, -0.1) is 0 Å². The number of hydrogen-bond acceptors (Lipinski definition) is 7. The molecule has 1 fully saturated rings. The highest BCUT2D eigenvalue weighted by Crippen LogP contribution is 2.32. The number of benzene rings is 2. The fourth-order valence-corrected chi connectivity index (χ4v) is 3.23. The first kappa shape index (κ1) is 20.3. The number of aliphatic imine (C=N–C) groups is 1. The summed E-state index contributed by atoms with van der Waals surface area (Å²) in [5, 5.41) is 2.50. The monoisotopic (exact) mass is 413 g/mol. The van der Waals surface area contributed by atoms with Crippen LogP contribution in [0, 0.1) is 0 Å². The van der Waals surface area contributed by atoms with Crippen LogP contribution in [0.25, 0.3) is 6.08 Å². The number of carbonyl (C=O) groups excluding carboxylic acids is 2. The summed E-state index contributed by atoms with van der Waals surface area (Å²) in [4.78, 5) is 28.0. The van der Waals surface area contributed by atoms with Crippen molar-refractivity contribution in [2.75, 3.05) is 20.8 Å². The zero-order valence-electron chi connectivity index (χ0n) is 15.8. The number of methoxy groups -OCH3 is 2. The van der Waals surface area contributed by atoms with E-state index in [1.807, 2.05) is 6.07 Å². The van der Waals surface area contributed by atoms with Crippen molar-refractivity contribution < 1.29 is 23.8 Å². The van der Waals surface area contributed by atoms with E-state index in [-0.39, 0.29) is 11.8 Å². The van der Waals surface area contributed by atoms with Gasteiger partial charge in [0.1, 0.15) is 23.1 Å². The highest BCUT2D eigenvalue weighted by atomic mass is 32.2. The first-order valence-corrected chi connectivity index (χ1v) is 9.32. The van der Waals surface area contributed by atoms with Crippen LogP contribution in [0.2, 0.25) is 0 Å². The molecule has 1 aliphatic heterocycles. The lowest BCUT2D eigenvalue weighted by molar-refractivity contribution is -0.119. The Kier molecular flexibility index (Phi) is 6.40. The smallest absolute Gasteiger partial charge is 0.289 e. The zero-order valence-corrected chi connectivity index (χ0v) is 16.6. The summed E-state index contributed by atoms with van der Waals surface area (Å²) in [6.07, 6.45) is 1.80. The molecule has 2 aromatic rings. The van der Waals surface area contributed by atoms with Gasteiger partial charge in [-0.05, 0) is 35.5 Å². The number of amidine groups is 1. The summed E-state index contributed by atoms with van der Waals surface area (Å²) in [6.45, 7) is -0.209. The Hall–Kier alpha value is -3.46. The number of nitrogens with zero attached hydrogens (tertiary/aromatic N) is 1. The van der Waals surface area contributed by atoms with Gasteiger partial charge in [0.25, 0.3) is 11.1 Å². The number of thioether (sulfide) groups is 1. The standard InChI is InChI=1S/C20H19N3O5S/c1-26-15-8-13(9-16(10-15)27-2)22-19-17(29-20(25)23-19)7-12-4-3-5-14(6-12)28-11-18(21)24/h3-10H,11H2,1-2H3,(H2,21,24)(H,22,23,25)/b17-7-. The van der Waals surface area contributed by atoms with E-state index in [2.05, 4.69) is 10.3 Å². The minimum Gasteiger partial charge on any atom is -0.497 e. The van der Waals surface area contributed by atoms with Crippen molar-refractivity contribution in [1.29, 1.82) is 0 Å². The van der Waals surface area contributed by atoms with Crippen LogP contribution >= 0.6 is 11.8 Å². The molecule has 8 nitrogen and oxygen atoms in total. The second-order valence-corrected chi connectivity index (χ2v) is 6.90. The van der Waals surface area contributed by atoms with Crippen LogP contribution < -0.4 is 25.3 Å². The predicted molar refractivity (Wildman–Crippen MR) is 112 cm³/mol. The quantitative estimate of drug-likeness (QED) is 0.721. The summed E-state index contributed by atoms with van der Waals surface area (Å²) in [7, 11) is 3.11. The van der Waals surface area contributed by atoms with Gasteiger partial charge in [0.05, 0.1) is 24.8 Å². The van der Waals surface area contributed by atoms with Gasteiger partial charge in [0.15, 0.2) is 6.61 Å². The van der Waals surface area contributed by atoms with E-state index < -0.39 is 5.91 Å². The molecule has 2 amide bonds. The molecule has 0 aliphatic carbocycles. The molecule has 0 aromatic heterocycles. The number of nitrogens with one attached hydrogen (secondary N) is 1. The molecule has 0 bridgehead atoms. The van der Waals surface area contributed by atoms with Crippen LogP contribution in [0.15, 0.2) is 52.4 Å². The molecule has 1 saturated heterocycles. The third kappa shape index (κ3) is 5.52. The Morgan fingerprint density at radius 2 is 1.86 bits per heavy atom. The first-order chi connectivity index (χ1) is 14.0. The van der Waals surface area contributed by atoms with Crippen LogP contribution in [0.3, 0.4) is 0 Å². The number of ether oxygens (including phenoxy) is 3. The van der Waals surface area contributed by atoms with Gasteiger partial charge in [-0.2, -0.15) is 0 Å². The maximum atomic E-state index is 11.9. The molecule has 0 saturated carbocycles. The van der Waals surface area contributed by atoms with Crippen molar-refractivity contribution >= 4 is 40.5 Å². The van der Waals surface area contributed by atoms with Crippen molar-refractivity contribution in [3.8, 4) is 17.2 Å². The molecule has 0 spiro atoms. The lowest BCUT2D eigenvalue weighted by Gasteiger charge is -2.07. The fourth-order valence-electron chi connectivity index (χ4n) is 2.50. The van der Waals surface area contributed by atoms with Crippen LogP contribution in [-0.2, 0) is 4.79 Å². The molecule has 150 valence electrons. The van der Waals surface area contributed by atoms with E-state index in [0.29, 0.717) is 33.7 Å². The van der Waals surface area contributed by atoms with E-state index in [0.717, 1.165) is 17.3 Å². The van der Waals surface area contributed by atoms with Crippen LogP contribution in [0.5, 0.6) is 17.2 Å². The van der Waals surface area contributed by atoms with Gasteiger partial charge in [-0.3, -0.25) is 9.59 Å². The van der Waals surface area contributed by atoms with Crippen LogP contribution in [-0.4, -0.2) is 37.8 Å². The Morgan fingerprint density at radius 3 is 2.52 bits per heavy atom. The maximum absolute atomic E-state index is 11.9. The van der Waals surface area contributed by atoms with Crippen LogP contribution in [0.1, 0.15) is 5.56 Å². The van der Waals surface area contributed by atoms with Crippen molar-refractivity contribution in [2.24, 2.45) is 10.7 Å². The fraction of sp³-hybridized carbons (Fsp3) is 0.150. The summed E-state index contributed by atoms with van der Waals surface area (Å²) >= 11 is 1.03. The van der Waals surface area contributed by atoms with Gasteiger partial charge < -0.3 is 25.3 Å². The lowest BCUT2D eigenvalue weighted by atomic mass is 10.2. The molecule has 0 radical (unpaired) electrons. The SMILES string of the molecule is COc1cc(N=C2NC(=O)S/C2=C\c2cccc(OCC(N)=O)c2)cc(OC)c1. The topological polar surface area (TPSA) is 112 Å². The largest absolute Gasteiger partial charge is 0.497 e. The van der Waals surface area contributed by atoms with Crippen molar-refractivity contribution in [1.82, 2.24) is 5.32 Å². The van der Waals surface area contributed by atoms with E-state index in [4.69, 9.17) is 19.9 Å². The normalized spacial score (nSPS) is 16.0. The number of primary amides is 1. The van der Waals surface area contributed by atoms with E-state index in [9.17, 15) is 9.59 Å².